The van der Waals surface area contributed by atoms with Gasteiger partial charge in [-0.05, 0) is 95.4 Å². The first-order valence-electron chi connectivity index (χ1n) is 11.5. The van der Waals surface area contributed by atoms with Crippen molar-refractivity contribution in [3.63, 3.8) is 0 Å². The number of ether oxygens (including phenoxy) is 1. The number of esters is 1. The van der Waals surface area contributed by atoms with E-state index in [2.05, 4.69) is 21.9 Å². The van der Waals surface area contributed by atoms with Crippen molar-refractivity contribution in [2.75, 3.05) is 16.5 Å². The van der Waals surface area contributed by atoms with Crippen LogP contribution in [0.15, 0.2) is 78.9 Å². The number of aromatic hydroxyl groups is 1. The van der Waals surface area contributed by atoms with Crippen molar-refractivity contribution in [3.8, 4) is 22.6 Å². The van der Waals surface area contributed by atoms with E-state index >= 15 is 0 Å². The fourth-order valence-electron chi connectivity index (χ4n) is 5.11. The Bertz CT molecular complexity index is 1470. The molecule has 1 N–H and O–H groups in total. The number of nitrogens with zero attached hydrogens (tertiary/aromatic N) is 2. The van der Waals surface area contributed by atoms with Gasteiger partial charge >= 0.3 is 5.97 Å². The molecule has 6 rings (SSSR count). The first-order chi connectivity index (χ1) is 17.0. The molecule has 0 saturated carbocycles. The van der Waals surface area contributed by atoms with Gasteiger partial charge < -0.3 is 19.6 Å². The molecule has 2 heterocycles. The number of rotatable bonds is 3. The number of carbonyl (C=O) groups is 1. The number of fused-ring (bicyclic) bond motifs is 6. The van der Waals surface area contributed by atoms with Gasteiger partial charge in [0, 0.05) is 24.5 Å². The predicted octanol–water partition coefficient (Wildman–Crippen LogP) is 6.02. The highest BCUT2D eigenvalue weighted by atomic mass is 19.1. The maximum absolute atomic E-state index is 13.2. The highest BCUT2D eigenvalue weighted by Crippen LogP contribution is 2.41. The van der Waals surface area contributed by atoms with Gasteiger partial charge in [0.25, 0.3) is 0 Å². The Hall–Kier alpha value is -4.32. The number of phenols is 1. The number of carbonyl (C=O) groups excluding carboxylic acids is 1. The molecule has 0 aromatic heterocycles. The van der Waals surface area contributed by atoms with Crippen LogP contribution in [-0.4, -0.2) is 17.7 Å². The van der Waals surface area contributed by atoms with Crippen LogP contribution in [0.25, 0.3) is 11.1 Å². The SMILES string of the molecule is Cc1cccc(C(=O)Oc2ccc(F)cc2)c1-c1ccc2c(c1)CN1CN2Cc2cc(O)ccc21. The van der Waals surface area contributed by atoms with Crippen LogP contribution in [0.5, 0.6) is 11.5 Å². The lowest BCUT2D eigenvalue weighted by atomic mass is 9.92. The molecule has 6 heteroatoms. The maximum Gasteiger partial charge on any atom is 0.344 e. The normalized spacial score (nSPS) is 13.8. The fraction of sp³-hybridized carbons (Fsp3) is 0.138. The summed E-state index contributed by atoms with van der Waals surface area (Å²) in [5.74, 6) is -0.286. The van der Waals surface area contributed by atoms with E-state index in [0.29, 0.717) is 11.3 Å². The molecule has 0 unspecified atom stereocenters. The van der Waals surface area contributed by atoms with E-state index in [1.165, 1.54) is 29.8 Å². The van der Waals surface area contributed by atoms with E-state index in [0.717, 1.165) is 53.4 Å². The molecule has 4 aromatic carbocycles. The van der Waals surface area contributed by atoms with Crippen LogP contribution in [0.3, 0.4) is 0 Å². The lowest BCUT2D eigenvalue weighted by Crippen LogP contribution is -2.46. The molecule has 0 saturated heterocycles. The monoisotopic (exact) mass is 466 g/mol. The number of aryl methyl sites for hydroxylation is 1. The summed E-state index contributed by atoms with van der Waals surface area (Å²) in [6.45, 7) is 4.24. The van der Waals surface area contributed by atoms with Crippen LogP contribution in [-0.2, 0) is 13.1 Å². The zero-order chi connectivity index (χ0) is 24.1. The molecule has 35 heavy (non-hydrogen) atoms. The molecule has 0 aliphatic carbocycles. The van der Waals surface area contributed by atoms with E-state index in [4.69, 9.17) is 4.74 Å². The Morgan fingerprint density at radius 2 is 1.57 bits per heavy atom. The second kappa shape index (κ2) is 8.17. The van der Waals surface area contributed by atoms with E-state index in [1.54, 1.807) is 12.1 Å². The highest BCUT2D eigenvalue weighted by Gasteiger charge is 2.30. The van der Waals surface area contributed by atoms with E-state index in [-0.39, 0.29) is 11.6 Å². The van der Waals surface area contributed by atoms with Crippen LogP contribution in [0.1, 0.15) is 27.0 Å². The third-order valence-electron chi connectivity index (χ3n) is 6.69. The number of benzene rings is 4. The lowest BCUT2D eigenvalue weighted by Gasteiger charge is -2.45. The summed E-state index contributed by atoms with van der Waals surface area (Å²) in [5, 5.41) is 9.92. The summed E-state index contributed by atoms with van der Waals surface area (Å²) < 4.78 is 18.8. The molecule has 0 radical (unpaired) electrons. The zero-order valence-electron chi connectivity index (χ0n) is 19.2. The summed E-state index contributed by atoms with van der Waals surface area (Å²) in [7, 11) is 0. The highest BCUT2D eigenvalue weighted by molar-refractivity contribution is 5.99. The first-order valence-corrected chi connectivity index (χ1v) is 11.5. The van der Waals surface area contributed by atoms with Crippen molar-refractivity contribution >= 4 is 17.3 Å². The molecule has 0 atom stereocenters. The number of hydrogen-bond acceptors (Lipinski definition) is 5. The number of halogens is 1. The molecule has 0 spiro atoms. The number of anilines is 2. The van der Waals surface area contributed by atoms with Gasteiger partial charge in [-0.3, -0.25) is 0 Å². The largest absolute Gasteiger partial charge is 0.508 e. The molecule has 5 nitrogen and oxygen atoms in total. The summed E-state index contributed by atoms with van der Waals surface area (Å²) >= 11 is 0. The molecular weight excluding hydrogens is 443 g/mol. The van der Waals surface area contributed by atoms with Gasteiger partial charge in [0.1, 0.15) is 17.3 Å². The fourth-order valence-corrected chi connectivity index (χ4v) is 5.11. The van der Waals surface area contributed by atoms with Gasteiger partial charge in [-0.1, -0.05) is 18.2 Å². The van der Waals surface area contributed by atoms with Gasteiger partial charge in [-0.25, -0.2) is 9.18 Å². The zero-order valence-corrected chi connectivity index (χ0v) is 19.2. The first kappa shape index (κ1) is 21.2. The Balaban J connectivity index is 1.36. The number of phenolic OH excluding ortho intramolecular Hbond substituents is 1. The Kier molecular flexibility index (Phi) is 4.95. The predicted molar refractivity (Wildman–Crippen MR) is 133 cm³/mol. The van der Waals surface area contributed by atoms with Crippen molar-refractivity contribution in [1.82, 2.24) is 0 Å². The van der Waals surface area contributed by atoms with Gasteiger partial charge in [0.2, 0.25) is 0 Å². The Labute approximate surface area is 202 Å². The van der Waals surface area contributed by atoms with Crippen LogP contribution < -0.4 is 14.5 Å². The third kappa shape index (κ3) is 3.77. The summed E-state index contributed by atoms with van der Waals surface area (Å²) in [6.07, 6.45) is 0. The molecule has 0 amide bonds. The minimum atomic E-state index is -0.480. The quantitative estimate of drug-likeness (QED) is 0.295. The topological polar surface area (TPSA) is 53.0 Å². The third-order valence-corrected chi connectivity index (χ3v) is 6.69. The van der Waals surface area contributed by atoms with Crippen LogP contribution in [0, 0.1) is 12.7 Å². The van der Waals surface area contributed by atoms with E-state index in [1.807, 2.05) is 37.3 Å². The van der Waals surface area contributed by atoms with Crippen molar-refractivity contribution in [3.05, 3.63) is 107 Å². The second-order valence-corrected chi connectivity index (χ2v) is 9.03. The molecule has 2 aliphatic heterocycles. The van der Waals surface area contributed by atoms with Crippen LogP contribution in [0.4, 0.5) is 15.8 Å². The molecule has 2 bridgehead atoms. The summed E-state index contributed by atoms with van der Waals surface area (Å²) in [6, 6.07) is 22.8. The molecule has 2 aliphatic rings. The molecule has 174 valence electrons. The van der Waals surface area contributed by atoms with Gasteiger partial charge in [0.15, 0.2) is 0 Å². The minimum absolute atomic E-state index is 0.279. The molecule has 0 fully saturated rings. The van der Waals surface area contributed by atoms with Gasteiger partial charge in [-0.2, -0.15) is 0 Å². The lowest BCUT2D eigenvalue weighted by molar-refractivity contribution is 0.0735. The average Bonchev–Trinajstić information content (AvgIpc) is 2.85. The van der Waals surface area contributed by atoms with Crippen LogP contribution >= 0.6 is 0 Å². The van der Waals surface area contributed by atoms with Crippen LogP contribution in [0.2, 0.25) is 0 Å². The Morgan fingerprint density at radius 3 is 2.31 bits per heavy atom. The maximum atomic E-state index is 13.2. The van der Waals surface area contributed by atoms with Gasteiger partial charge in [-0.15, -0.1) is 0 Å². The smallest absolute Gasteiger partial charge is 0.344 e. The van der Waals surface area contributed by atoms with Crippen molar-refractivity contribution in [1.29, 1.82) is 0 Å². The minimum Gasteiger partial charge on any atom is -0.508 e. The van der Waals surface area contributed by atoms with Crippen molar-refractivity contribution < 1.29 is 19.0 Å². The molecular formula is C29H23FN2O3. The van der Waals surface area contributed by atoms with E-state index in [9.17, 15) is 14.3 Å². The average molecular weight is 467 g/mol. The van der Waals surface area contributed by atoms with Crippen molar-refractivity contribution in [2.45, 2.75) is 20.0 Å². The van der Waals surface area contributed by atoms with E-state index < -0.39 is 5.97 Å². The van der Waals surface area contributed by atoms with Crippen molar-refractivity contribution in [2.24, 2.45) is 0 Å². The molecule has 4 aromatic rings. The standard InChI is InChI=1S/C29H23FN2O3/c1-18-3-2-4-25(29(34)35-24-9-6-22(30)7-10-24)28(18)19-5-11-26-20(13-19)15-31-17-32(26)16-21-14-23(33)8-12-27(21)31/h2-14,33H,15-17H2,1H3. The summed E-state index contributed by atoms with van der Waals surface area (Å²) in [5.41, 5.74) is 7.78. The van der Waals surface area contributed by atoms with Gasteiger partial charge in [0.05, 0.1) is 12.2 Å². The second-order valence-electron chi connectivity index (χ2n) is 9.03. The summed E-state index contributed by atoms with van der Waals surface area (Å²) in [4.78, 5) is 17.7. The number of hydrogen-bond donors (Lipinski definition) is 1. The Morgan fingerprint density at radius 1 is 0.886 bits per heavy atom.